The zero-order valence-corrected chi connectivity index (χ0v) is 25.7. The van der Waals surface area contributed by atoms with Crippen LogP contribution in [0.15, 0.2) is 60.9 Å². The minimum absolute atomic E-state index is 0.00678. The van der Waals surface area contributed by atoms with Gasteiger partial charge in [0.25, 0.3) is 0 Å². The van der Waals surface area contributed by atoms with Crippen LogP contribution in [0.1, 0.15) is 36.0 Å². The van der Waals surface area contributed by atoms with E-state index in [4.69, 9.17) is 16.7 Å². The minimum Gasteiger partial charge on any atom is -0.505 e. The fourth-order valence-corrected chi connectivity index (χ4v) is 5.60. The zero-order chi connectivity index (χ0) is 31.9. The smallest absolute Gasteiger partial charge is 0.448 e. The number of aldehydes is 1. The van der Waals surface area contributed by atoms with Crippen LogP contribution in [0.3, 0.4) is 0 Å². The Labute approximate surface area is 262 Å². The number of aliphatic hydroxyl groups excluding tert-OH is 1. The van der Waals surface area contributed by atoms with Gasteiger partial charge in [0.15, 0.2) is 5.76 Å². The van der Waals surface area contributed by atoms with Gasteiger partial charge in [0.2, 0.25) is 11.0 Å². The van der Waals surface area contributed by atoms with Gasteiger partial charge in [-0.25, -0.2) is 0 Å². The summed E-state index contributed by atoms with van der Waals surface area (Å²) in [6.45, 7) is 6.27. The number of nitrogens with zero attached hydrogens (tertiary/aromatic N) is 4. The van der Waals surface area contributed by atoms with Crippen LogP contribution in [-0.2, 0) is 4.79 Å². The third kappa shape index (κ3) is 8.78. The predicted octanol–water partition coefficient (Wildman–Crippen LogP) is 6.27. The van der Waals surface area contributed by atoms with Gasteiger partial charge < -0.3 is 15.7 Å². The average molecular weight is 651 g/mol. The van der Waals surface area contributed by atoms with E-state index in [1.165, 1.54) is 12.8 Å². The third-order valence-electron chi connectivity index (χ3n) is 7.49. The number of benzene rings is 2. The lowest BCUT2D eigenvalue weighted by molar-refractivity contribution is -0.123. The molecule has 1 aliphatic heterocycles. The van der Waals surface area contributed by atoms with Crippen LogP contribution in [0, 0.1) is 0 Å². The van der Waals surface area contributed by atoms with Gasteiger partial charge in [0, 0.05) is 50.4 Å². The van der Waals surface area contributed by atoms with Crippen LogP contribution < -0.4 is 10.6 Å². The Kier molecular flexibility index (Phi) is 11.0. The molecule has 236 valence electrons. The molecule has 2 aliphatic carbocycles. The van der Waals surface area contributed by atoms with Crippen LogP contribution in [0.5, 0.6) is 0 Å². The highest BCUT2D eigenvalue weighted by Crippen LogP contribution is 2.44. The molecule has 0 atom stereocenters. The summed E-state index contributed by atoms with van der Waals surface area (Å²) >= 11 is 7.72. The summed E-state index contributed by atoms with van der Waals surface area (Å²) in [5, 5.41) is 23.8. The highest BCUT2D eigenvalue weighted by molar-refractivity contribution is 7.18. The van der Waals surface area contributed by atoms with Crippen LogP contribution in [0.4, 0.5) is 24.0 Å². The first-order chi connectivity index (χ1) is 21.0. The van der Waals surface area contributed by atoms with E-state index < -0.39 is 11.9 Å². The first kappa shape index (κ1) is 33.4. The topological polar surface area (TPSA) is 111 Å². The van der Waals surface area contributed by atoms with Crippen molar-refractivity contribution in [3.8, 4) is 10.6 Å². The van der Waals surface area contributed by atoms with E-state index >= 15 is 0 Å². The molecule has 2 aromatic carbocycles. The van der Waals surface area contributed by atoms with Gasteiger partial charge >= 0.3 is 6.18 Å². The molecule has 3 aliphatic rings. The fourth-order valence-electron chi connectivity index (χ4n) is 4.73. The molecule has 6 rings (SSSR count). The van der Waals surface area contributed by atoms with Crippen molar-refractivity contribution in [2.24, 2.45) is 0 Å². The van der Waals surface area contributed by atoms with Crippen molar-refractivity contribution >= 4 is 46.0 Å². The number of rotatable bonds is 7. The van der Waals surface area contributed by atoms with Crippen molar-refractivity contribution < 1.29 is 27.9 Å². The van der Waals surface area contributed by atoms with Gasteiger partial charge in [0.1, 0.15) is 16.8 Å². The van der Waals surface area contributed by atoms with Crippen molar-refractivity contribution in [1.29, 1.82) is 0 Å². The number of aromatic nitrogens is 2. The van der Waals surface area contributed by atoms with Crippen molar-refractivity contribution in [3.63, 3.8) is 0 Å². The van der Waals surface area contributed by atoms with E-state index in [-0.39, 0.29) is 11.4 Å². The molecule has 0 spiro atoms. The maximum atomic E-state index is 12.9. The summed E-state index contributed by atoms with van der Waals surface area (Å²) in [4.78, 5) is 28.7. The average Bonchev–Trinajstić information content (AvgIpc) is 3.96. The molecule has 2 heterocycles. The largest absolute Gasteiger partial charge is 0.505 e. The summed E-state index contributed by atoms with van der Waals surface area (Å²) in [5.41, 5.74) is 1.77. The molecule has 0 bridgehead atoms. The summed E-state index contributed by atoms with van der Waals surface area (Å²) < 4.78 is 32.5. The number of piperazine rings is 1. The number of allylic oxidation sites excluding steroid dienone is 1. The summed E-state index contributed by atoms with van der Waals surface area (Å²) in [6, 6.07) is 15.8. The molecule has 3 N–H and O–H groups in total. The zero-order valence-electron chi connectivity index (χ0n) is 24.1. The number of nitrogens with one attached hydrogen (secondary N) is 2. The number of carbonyl (C=O) groups excluding carboxylic acids is 2. The quantitative estimate of drug-likeness (QED) is 0.203. The molecule has 1 saturated heterocycles. The Morgan fingerprint density at radius 3 is 2.25 bits per heavy atom. The summed E-state index contributed by atoms with van der Waals surface area (Å²) in [6.07, 6.45) is 0.574. The van der Waals surface area contributed by atoms with Crippen LogP contribution in [0.25, 0.3) is 10.6 Å². The minimum atomic E-state index is -4.64. The van der Waals surface area contributed by atoms with E-state index in [0.29, 0.717) is 16.3 Å². The van der Waals surface area contributed by atoms with Gasteiger partial charge in [-0.05, 0) is 37.8 Å². The lowest BCUT2D eigenvalue weighted by Crippen LogP contribution is -2.55. The lowest BCUT2D eigenvalue weighted by atomic mass is 10.1. The molecular formula is C30H34ClF3N6O3S. The van der Waals surface area contributed by atoms with E-state index in [9.17, 15) is 22.8 Å². The fraction of sp³-hybridized carbons (Fsp3) is 0.400. The van der Waals surface area contributed by atoms with E-state index in [0.717, 1.165) is 67.1 Å². The Bertz CT molecular complexity index is 1440. The second-order valence-electron chi connectivity index (χ2n) is 10.6. The van der Waals surface area contributed by atoms with E-state index in [1.54, 1.807) is 29.5 Å². The molecule has 3 aromatic rings. The Balaban J connectivity index is 0.000000185. The number of carbonyl (C=O) groups is 2. The van der Waals surface area contributed by atoms with Crippen LogP contribution in [0.2, 0.25) is 5.02 Å². The number of halogens is 4. The van der Waals surface area contributed by atoms with Crippen LogP contribution >= 0.6 is 22.9 Å². The number of hydrogen-bond donors (Lipinski definition) is 3. The maximum Gasteiger partial charge on any atom is 0.448 e. The van der Waals surface area contributed by atoms with E-state index in [2.05, 4.69) is 37.2 Å². The molecule has 3 fully saturated rings. The van der Waals surface area contributed by atoms with Crippen molar-refractivity contribution in [2.45, 2.75) is 43.4 Å². The molecule has 1 aromatic heterocycles. The predicted molar refractivity (Wildman–Crippen MR) is 166 cm³/mol. The summed E-state index contributed by atoms with van der Waals surface area (Å²) in [5.74, 6) is -1.75. The number of hydrogen-bond acceptors (Lipinski definition) is 9. The number of anilines is 2. The molecule has 44 heavy (non-hydrogen) atoms. The van der Waals surface area contributed by atoms with Gasteiger partial charge in [-0.15, -0.1) is 10.2 Å². The SMILES string of the molecule is C=C(O)C(F)(F)F.CNc1nnc(-c2ccccc2)s1.O=Cc1ccc(Cl)c(NC(=O)C2(N3CCN(C4CC4)CC3)CC2)c1. The Morgan fingerprint density at radius 2 is 1.75 bits per heavy atom. The number of aliphatic hydroxyl groups is 1. The molecule has 2 saturated carbocycles. The van der Waals surface area contributed by atoms with Crippen molar-refractivity contribution in [2.75, 3.05) is 43.9 Å². The maximum absolute atomic E-state index is 12.9. The van der Waals surface area contributed by atoms with Crippen molar-refractivity contribution in [1.82, 2.24) is 20.0 Å². The molecule has 9 nitrogen and oxygen atoms in total. The van der Waals surface area contributed by atoms with Gasteiger partial charge in [-0.1, -0.05) is 65.9 Å². The second-order valence-corrected chi connectivity index (χ2v) is 12.0. The molecule has 0 radical (unpaired) electrons. The lowest BCUT2D eigenvalue weighted by Gasteiger charge is -2.39. The molecule has 14 heteroatoms. The normalized spacial score (nSPS) is 17.7. The van der Waals surface area contributed by atoms with Crippen molar-refractivity contribution in [3.05, 3.63) is 71.5 Å². The Morgan fingerprint density at radius 1 is 1.11 bits per heavy atom. The molecule has 1 amide bonds. The monoisotopic (exact) mass is 650 g/mol. The third-order valence-corrected chi connectivity index (χ3v) is 8.81. The highest BCUT2D eigenvalue weighted by atomic mass is 35.5. The second kappa shape index (κ2) is 14.5. The molecular weight excluding hydrogens is 617 g/mol. The van der Waals surface area contributed by atoms with Gasteiger partial charge in [-0.3, -0.25) is 19.4 Å². The van der Waals surface area contributed by atoms with Crippen LogP contribution in [-0.4, -0.2) is 88.3 Å². The number of alkyl halides is 3. The highest BCUT2D eigenvalue weighted by Gasteiger charge is 2.55. The summed E-state index contributed by atoms with van der Waals surface area (Å²) in [7, 11) is 1.84. The number of amides is 1. The first-order valence-corrected chi connectivity index (χ1v) is 15.2. The standard InChI is InChI=1S/C18H22ClN3O2.C9H9N3S.C3H3F3O/c19-15-4-1-13(12-23)11-16(15)20-17(24)18(5-6-18)22-9-7-21(8-10-22)14-2-3-14;1-10-9-12-11-8(13-9)7-5-3-2-4-6-7;1-2(7)3(4,5)6/h1,4,11-12,14H,2-3,5-10H2,(H,20,24);2-6H,1H3,(H,10,12);7H,1H2. The Hall–Kier alpha value is -3.52. The van der Waals surface area contributed by atoms with Gasteiger partial charge in [-0.2, -0.15) is 13.2 Å². The first-order valence-electron chi connectivity index (χ1n) is 14.0. The van der Waals surface area contributed by atoms with E-state index in [1.807, 2.05) is 37.4 Å². The van der Waals surface area contributed by atoms with Gasteiger partial charge in [0.05, 0.1) is 10.7 Å². The molecule has 0 unspecified atom stereocenters.